The smallest absolute Gasteiger partial charge is 0.224 e. The number of hydrogen-bond donors (Lipinski definition) is 0. The van der Waals surface area contributed by atoms with Crippen molar-refractivity contribution in [3.63, 3.8) is 0 Å². The minimum atomic E-state index is -0.0550. The molecule has 1 aromatic heterocycles. The summed E-state index contributed by atoms with van der Waals surface area (Å²) in [7, 11) is 0. The van der Waals surface area contributed by atoms with Crippen LogP contribution >= 0.6 is 27.5 Å². The van der Waals surface area contributed by atoms with Crippen LogP contribution < -0.4 is 4.90 Å². The molecule has 1 unspecified atom stereocenters. The lowest BCUT2D eigenvalue weighted by molar-refractivity contribution is 0.677. The first-order valence-corrected chi connectivity index (χ1v) is 6.08. The fourth-order valence-electron chi connectivity index (χ4n) is 1.30. The minimum Gasteiger partial charge on any atom is -0.355 e. The zero-order chi connectivity index (χ0) is 12.1. The molecule has 0 aliphatic carbocycles. The van der Waals surface area contributed by atoms with Crippen molar-refractivity contribution < 1.29 is 0 Å². The number of nitriles is 1. The van der Waals surface area contributed by atoms with E-state index in [1.54, 1.807) is 6.20 Å². The summed E-state index contributed by atoms with van der Waals surface area (Å²) in [5.74, 6) is 0.671. The van der Waals surface area contributed by atoms with E-state index < -0.39 is 0 Å². The molecule has 0 saturated carbocycles. The number of halogens is 2. The van der Waals surface area contributed by atoms with E-state index in [4.69, 9.17) is 16.9 Å². The molecule has 4 nitrogen and oxygen atoms in total. The monoisotopic (exact) mass is 302 g/mol. The van der Waals surface area contributed by atoms with Gasteiger partial charge in [-0.2, -0.15) is 10.2 Å². The van der Waals surface area contributed by atoms with Crippen LogP contribution in [-0.2, 0) is 0 Å². The van der Waals surface area contributed by atoms with Gasteiger partial charge in [0, 0.05) is 19.3 Å². The molecule has 0 aliphatic heterocycles. The summed E-state index contributed by atoms with van der Waals surface area (Å²) < 4.78 is 0.781. The molecule has 0 saturated heterocycles. The van der Waals surface area contributed by atoms with Gasteiger partial charge in [-0.3, -0.25) is 0 Å². The molecule has 0 amide bonds. The normalized spacial score (nSPS) is 11.9. The maximum absolute atomic E-state index is 8.80. The number of anilines is 1. The van der Waals surface area contributed by atoms with Gasteiger partial charge in [-0.25, -0.2) is 4.98 Å². The summed E-state index contributed by atoms with van der Waals surface area (Å²) in [6.07, 6.45) is 1.62. The molecule has 16 heavy (non-hydrogen) atoms. The van der Waals surface area contributed by atoms with Gasteiger partial charge in [0.2, 0.25) is 5.28 Å². The third-order valence-corrected chi connectivity index (χ3v) is 2.83. The molecule has 0 fully saturated rings. The van der Waals surface area contributed by atoms with Crippen LogP contribution in [0.2, 0.25) is 5.28 Å². The van der Waals surface area contributed by atoms with E-state index in [0.717, 1.165) is 16.8 Å². The van der Waals surface area contributed by atoms with E-state index in [9.17, 15) is 0 Å². The Kier molecular flexibility index (Phi) is 4.97. The molecule has 1 aromatic rings. The van der Waals surface area contributed by atoms with E-state index in [1.807, 2.05) is 18.7 Å². The first kappa shape index (κ1) is 13.2. The SMILES string of the molecule is CCN(CC(C)C#N)c1nc(Cl)ncc1Br. The highest BCUT2D eigenvalue weighted by Crippen LogP contribution is 2.24. The van der Waals surface area contributed by atoms with Crippen LogP contribution in [0.15, 0.2) is 10.7 Å². The Balaban J connectivity index is 2.95. The molecule has 1 atom stereocenters. The second-order valence-corrected chi connectivity index (χ2v) is 4.57. The van der Waals surface area contributed by atoms with Gasteiger partial charge >= 0.3 is 0 Å². The lowest BCUT2D eigenvalue weighted by Gasteiger charge is -2.23. The second kappa shape index (κ2) is 6.02. The van der Waals surface area contributed by atoms with Crippen molar-refractivity contribution in [3.05, 3.63) is 16.0 Å². The van der Waals surface area contributed by atoms with Crippen molar-refractivity contribution in [3.8, 4) is 6.07 Å². The molecule has 86 valence electrons. The number of aromatic nitrogens is 2. The van der Waals surface area contributed by atoms with Gasteiger partial charge in [0.05, 0.1) is 16.5 Å². The van der Waals surface area contributed by atoms with Gasteiger partial charge in [-0.15, -0.1) is 0 Å². The predicted molar refractivity (Wildman–Crippen MR) is 67.4 cm³/mol. The van der Waals surface area contributed by atoms with Crippen LogP contribution in [-0.4, -0.2) is 23.1 Å². The van der Waals surface area contributed by atoms with Crippen LogP contribution in [0.25, 0.3) is 0 Å². The van der Waals surface area contributed by atoms with Crippen LogP contribution in [0.1, 0.15) is 13.8 Å². The summed E-state index contributed by atoms with van der Waals surface area (Å²) in [4.78, 5) is 10.0. The Morgan fingerprint density at radius 2 is 2.38 bits per heavy atom. The molecule has 0 aromatic carbocycles. The van der Waals surface area contributed by atoms with Gasteiger partial charge in [0.15, 0.2) is 0 Å². The van der Waals surface area contributed by atoms with Crippen molar-refractivity contribution in [1.29, 1.82) is 5.26 Å². The van der Waals surface area contributed by atoms with Gasteiger partial charge in [-0.1, -0.05) is 0 Å². The highest BCUT2D eigenvalue weighted by molar-refractivity contribution is 9.10. The zero-order valence-electron chi connectivity index (χ0n) is 9.11. The summed E-state index contributed by atoms with van der Waals surface area (Å²) in [6.45, 7) is 5.27. The van der Waals surface area contributed by atoms with Gasteiger partial charge in [0.25, 0.3) is 0 Å². The van der Waals surface area contributed by atoms with Crippen LogP contribution in [0, 0.1) is 17.2 Å². The van der Waals surface area contributed by atoms with Crippen molar-refractivity contribution in [2.24, 2.45) is 5.92 Å². The lowest BCUT2D eigenvalue weighted by atomic mass is 10.2. The Bertz CT molecular complexity index is 404. The average molecular weight is 304 g/mol. The van der Waals surface area contributed by atoms with Crippen molar-refractivity contribution in [1.82, 2.24) is 9.97 Å². The predicted octanol–water partition coefficient (Wildman–Crippen LogP) is 2.88. The highest BCUT2D eigenvalue weighted by Gasteiger charge is 2.14. The third kappa shape index (κ3) is 3.32. The maximum atomic E-state index is 8.80. The first-order valence-electron chi connectivity index (χ1n) is 4.91. The standard InChI is InChI=1S/C10H12BrClN4/c1-3-16(6-7(2)4-13)9-8(11)5-14-10(12)15-9/h5,7H,3,6H2,1-2H3. The molecule has 0 aliphatic rings. The van der Waals surface area contributed by atoms with E-state index in [1.165, 1.54) is 0 Å². The van der Waals surface area contributed by atoms with E-state index >= 15 is 0 Å². The lowest BCUT2D eigenvalue weighted by Crippen LogP contribution is -2.29. The fourth-order valence-corrected chi connectivity index (χ4v) is 1.87. The molecule has 6 heteroatoms. The Hall–Kier alpha value is -0.860. The summed E-state index contributed by atoms with van der Waals surface area (Å²) in [5.41, 5.74) is 0. The van der Waals surface area contributed by atoms with Crippen molar-refractivity contribution in [2.45, 2.75) is 13.8 Å². The van der Waals surface area contributed by atoms with Gasteiger partial charge < -0.3 is 4.90 Å². The summed E-state index contributed by atoms with van der Waals surface area (Å²) in [6, 6.07) is 2.20. The Morgan fingerprint density at radius 1 is 1.69 bits per heavy atom. The Labute approximate surface area is 108 Å². The minimum absolute atomic E-state index is 0.0550. The molecule has 0 radical (unpaired) electrons. The molecular weight excluding hydrogens is 291 g/mol. The average Bonchev–Trinajstić information content (AvgIpc) is 2.29. The van der Waals surface area contributed by atoms with Crippen molar-refractivity contribution >= 4 is 33.3 Å². The van der Waals surface area contributed by atoms with Crippen molar-refractivity contribution in [2.75, 3.05) is 18.0 Å². The summed E-state index contributed by atoms with van der Waals surface area (Å²) >= 11 is 9.13. The van der Waals surface area contributed by atoms with E-state index in [0.29, 0.717) is 6.54 Å². The van der Waals surface area contributed by atoms with E-state index in [2.05, 4.69) is 32.0 Å². The van der Waals surface area contributed by atoms with Crippen LogP contribution in [0.5, 0.6) is 0 Å². The number of rotatable bonds is 4. The van der Waals surface area contributed by atoms with Gasteiger partial charge in [0.1, 0.15) is 5.82 Å². The molecule has 0 N–H and O–H groups in total. The molecular formula is C10H12BrClN4. The first-order chi connectivity index (χ1) is 7.58. The van der Waals surface area contributed by atoms with Crippen LogP contribution in [0.3, 0.4) is 0 Å². The topological polar surface area (TPSA) is 52.8 Å². The fraction of sp³-hybridized carbons (Fsp3) is 0.500. The highest BCUT2D eigenvalue weighted by atomic mass is 79.9. The van der Waals surface area contributed by atoms with Gasteiger partial charge in [-0.05, 0) is 41.4 Å². The summed E-state index contributed by atoms with van der Waals surface area (Å²) in [5, 5.41) is 9.01. The van der Waals surface area contributed by atoms with E-state index in [-0.39, 0.29) is 11.2 Å². The molecule has 0 bridgehead atoms. The molecule has 1 rings (SSSR count). The Morgan fingerprint density at radius 3 is 2.94 bits per heavy atom. The molecule has 0 spiro atoms. The number of nitrogens with zero attached hydrogens (tertiary/aromatic N) is 4. The second-order valence-electron chi connectivity index (χ2n) is 3.38. The quantitative estimate of drug-likeness (QED) is 0.803. The molecule has 1 heterocycles. The third-order valence-electron chi connectivity index (χ3n) is 2.09. The van der Waals surface area contributed by atoms with Crippen LogP contribution in [0.4, 0.5) is 5.82 Å². The number of hydrogen-bond acceptors (Lipinski definition) is 4. The zero-order valence-corrected chi connectivity index (χ0v) is 11.5. The largest absolute Gasteiger partial charge is 0.355 e. The maximum Gasteiger partial charge on any atom is 0.224 e.